The smallest absolute Gasteiger partial charge is 0.308 e. The normalized spacial score (nSPS) is 45.3. The van der Waals surface area contributed by atoms with Crippen molar-refractivity contribution in [3.63, 3.8) is 0 Å². The zero-order valence-corrected chi connectivity index (χ0v) is 13.0. The molecule has 3 fully saturated rings. The Labute approximate surface area is 121 Å². The van der Waals surface area contributed by atoms with Gasteiger partial charge in [-0.05, 0) is 48.9 Å². The Morgan fingerprint density at radius 2 is 2.00 bits per heavy atom. The van der Waals surface area contributed by atoms with Gasteiger partial charge in [-0.25, -0.2) is 0 Å². The SMILES string of the molecule is CCOC(=O)C1CC(C2C(C)C(=O)CC3C2C3(C)C)C1. The predicted molar refractivity (Wildman–Crippen MR) is 75.9 cm³/mol. The molecule has 3 aliphatic carbocycles. The summed E-state index contributed by atoms with van der Waals surface area (Å²) in [6.07, 6.45) is 2.64. The number of fused-ring (bicyclic) bond motifs is 1. The predicted octanol–water partition coefficient (Wildman–Crippen LogP) is 3.07. The number of ether oxygens (including phenoxy) is 1. The van der Waals surface area contributed by atoms with Crippen LogP contribution in [0.4, 0.5) is 0 Å². The molecular formula is C17H26O3. The summed E-state index contributed by atoms with van der Waals surface area (Å²) < 4.78 is 5.10. The summed E-state index contributed by atoms with van der Waals surface area (Å²) >= 11 is 0. The van der Waals surface area contributed by atoms with Crippen LogP contribution in [0.5, 0.6) is 0 Å². The summed E-state index contributed by atoms with van der Waals surface area (Å²) in [4.78, 5) is 23.9. The quantitative estimate of drug-likeness (QED) is 0.745. The maximum atomic E-state index is 12.2. The Morgan fingerprint density at radius 1 is 1.35 bits per heavy atom. The van der Waals surface area contributed by atoms with Crippen molar-refractivity contribution in [3.05, 3.63) is 0 Å². The van der Waals surface area contributed by atoms with Gasteiger partial charge in [-0.15, -0.1) is 0 Å². The fourth-order valence-corrected chi connectivity index (χ4v) is 5.00. The van der Waals surface area contributed by atoms with Crippen molar-refractivity contribution in [2.75, 3.05) is 6.61 Å². The van der Waals surface area contributed by atoms with Crippen molar-refractivity contribution in [3.8, 4) is 0 Å². The fraction of sp³-hybridized carbons (Fsp3) is 0.882. The van der Waals surface area contributed by atoms with Crippen LogP contribution in [0.3, 0.4) is 0 Å². The van der Waals surface area contributed by atoms with Gasteiger partial charge in [0.05, 0.1) is 12.5 Å². The molecule has 0 radical (unpaired) electrons. The lowest BCUT2D eigenvalue weighted by atomic mass is 9.61. The highest BCUT2D eigenvalue weighted by molar-refractivity contribution is 5.83. The second-order valence-corrected chi connectivity index (χ2v) is 7.67. The van der Waals surface area contributed by atoms with Gasteiger partial charge in [-0.2, -0.15) is 0 Å². The number of Topliss-reactive ketones (excluding diaryl/α,β-unsaturated/α-hetero) is 1. The first-order valence-corrected chi connectivity index (χ1v) is 8.07. The molecule has 0 aromatic heterocycles. The minimum Gasteiger partial charge on any atom is -0.466 e. The van der Waals surface area contributed by atoms with E-state index in [1.54, 1.807) is 0 Å². The lowest BCUT2D eigenvalue weighted by Gasteiger charge is -2.43. The molecule has 0 amide bonds. The summed E-state index contributed by atoms with van der Waals surface area (Å²) in [5, 5.41) is 0. The number of esters is 1. The van der Waals surface area contributed by atoms with Crippen molar-refractivity contribution in [1.29, 1.82) is 0 Å². The first-order valence-electron chi connectivity index (χ1n) is 8.07. The van der Waals surface area contributed by atoms with E-state index in [1.807, 2.05) is 6.92 Å². The molecule has 4 unspecified atom stereocenters. The molecule has 3 aliphatic rings. The molecule has 112 valence electrons. The third kappa shape index (κ3) is 1.93. The van der Waals surface area contributed by atoms with Crippen molar-refractivity contribution < 1.29 is 14.3 Å². The van der Waals surface area contributed by atoms with Gasteiger partial charge in [-0.3, -0.25) is 9.59 Å². The number of hydrogen-bond donors (Lipinski definition) is 0. The molecule has 0 aromatic rings. The van der Waals surface area contributed by atoms with Crippen LogP contribution < -0.4 is 0 Å². The maximum absolute atomic E-state index is 12.2. The molecule has 0 aromatic carbocycles. The van der Waals surface area contributed by atoms with Crippen LogP contribution in [0.2, 0.25) is 0 Å². The number of hydrogen-bond acceptors (Lipinski definition) is 3. The van der Waals surface area contributed by atoms with Crippen molar-refractivity contribution >= 4 is 11.8 Å². The molecule has 0 aliphatic heterocycles. The molecule has 3 heteroatoms. The van der Waals surface area contributed by atoms with E-state index < -0.39 is 0 Å². The third-order valence-electron chi connectivity index (χ3n) is 6.40. The Balaban J connectivity index is 1.66. The van der Waals surface area contributed by atoms with Gasteiger partial charge in [0.1, 0.15) is 5.78 Å². The number of carbonyl (C=O) groups is 2. The first kappa shape index (κ1) is 14.1. The van der Waals surface area contributed by atoms with Crippen LogP contribution in [0, 0.1) is 40.9 Å². The van der Waals surface area contributed by atoms with Crippen molar-refractivity contribution in [2.24, 2.45) is 40.9 Å². The summed E-state index contributed by atoms with van der Waals surface area (Å²) in [5.74, 6) is 3.03. The zero-order valence-electron chi connectivity index (χ0n) is 13.0. The summed E-state index contributed by atoms with van der Waals surface area (Å²) in [6.45, 7) is 9.04. The zero-order chi connectivity index (χ0) is 14.7. The van der Waals surface area contributed by atoms with E-state index in [9.17, 15) is 9.59 Å². The van der Waals surface area contributed by atoms with Gasteiger partial charge in [-0.1, -0.05) is 20.8 Å². The highest BCUT2D eigenvalue weighted by Crippen LogP contribution is 2.70. The van der Waals surface area contributed by atoms with E-state index in [0.29, 0.717) is 41.5 Å². The minimum absolute atomic E-state index is 0.0369. The van der Waals surface area contributed by atoms with E-state index in [4.69, 9.17) is 4.74 Å². The lowest BCUT2D eigenvalue weighted by molar-refractivity contribution is -0.154. The molecule has 3 rings (SSSR count). The van der Waals surface area contributed by atoms with Crippen LogP contribution in [-0.2, 0) is 14.3 Å². The summed E-state index contributed by atoms with van der Waals surface area (Å²) in [6, 6.07) is 0. The molecule has 0 spiro atoms. The lowest BCUT2D eigenvalue weighted by Crippen LogP contribution is -2.42. The highest BCUT2D eigenvalue weighted by Gasteiger charge is 2.67. The van der Waals surface area contributed by atoms with Crippen molar-refractivity contribution in [2.45, 2.75) is 47.0 Å². The van der Waals surface area contributed by atoms with Gasteiger partial charge in [0.15, 0.2) is 0 Å². The second kappa shape index (κ2) is 4.57. The number of rotatable bonds is 3. The Bertz CT molecular complexity index is 434. The second-order valence-electron chi connectivity index (χ2n) is 7.67. The largest absolute Gasteiger partial charge is 0.466 e. The molecule has 3 nitrogen and oxygen atoms in total. The molecule has 3 saturated carbocycles. The van der Waals surface area contributed by atoms with Gasteiger partial charge >= 0.3 is 5.97 Å². The number of carbonyl (C=O) groups excluding carboxylic acids is 2. The monoisotopic (exact) mass is 278 g/mol. The Kier molecular flexibility index (Phi) is 3.22. The van der Waals surface area contributed by atoms with Crippen LogP contribution in [0.1, 0.15) is 47.0 Å². The average molecular weight is 278 g/mol. The molecule has 0 saturated heterocycles. The molecular weight excluding hydrogens is 252 g/mol. The van der Waals surface area contributed by atoms with Gasteiger partial charge < -0.3 is 4.74 Å². The van der Waals surface area contributed by atoms with E-state index >= 15 is 0 Å². The van der Waals surface area contributed by atoms with Crippen LogP contribution in [0.15, 0.2) is 0 Å². The maximum Gasteiger partial charge on any atom is 0.308 e. The molecule has 0 heterocycles. The van der Waals surface area contributed by atoms with E-state index in [2.05, 4.69) is 20.8 Å². The van der Waals surface area contributed by atoms with Crippen LogP contribution in [-0.4, -0.2) is 18.4 Å². The van der Waals surface area contributed by atoms with E-state index in [-0.39, 0.29) is 17.8 Å². The van der Waals surface area contributed by atoms with Gasteiger partial charge in [0.25, 0.3) is 0 Å². The molecule has 0 bridgehead atoms. The fourth-order valence-electron chi connectivity index (χ4n) is 5.00. The third-order valence-corrected chi connectivity index (χ3v) is 6.40. The topological polar surface area (TPSA) is 43.4 Å². The first-order chi connectivity index (χ1) is 9.37. The van der Waals surface area contributed by atoms with Crippen LogP contribution in [0.25, 0.3) is 0 Å². The minimum atomic E-state index is -0.0369. The van der Waals surface area contributed by atoms with Crippen molar-refractivity contribution in [1.82, 2.24) is 0 Å². The highest BCUT2D eigenvalue weighted by atomic mass is 16.5. The van der Waals surface area contributed by atoms with Crippen LogP contribution >= 0.6 is 0 Å². The summed E-state index contributed by atoms with van der Waals surface area (Å²) in [5.41, 5.74) is 0.333. The van der Waals surface area contributed by atoms with E-state index in [1.165, 1.54) is 0 Å². The van der Waals surface area contributed by atoms with Gasteiger partial charge in [0.2, 0.25) is 0 Å². The molecule has 20 heavy (non-hydrogen) atoms. The summed E-state index contributed by atoms with van der Waals surface area (Å²) in [7, 11) is 0. The molecule has 0 N–H and O–H groups in total. The standard InChI is InChI=1S/C17H26O3/c1-5-20-16(19)11-6-10(7-11)14-9(2)13(18)8-12-15(14)17(12,3)4/h9-12,14-15H,5-8H2,1-4H3. The Morgan fingerprint density at radius 3 is 2.60 bits per heavy atom. The Hall–Kier alpha value is -0.860. The number of ketones is 1. The van der Waals surface area contributed by atoms with E-state index in [0.717, 1.165) is 19.3 Å². The van der Waals surface area contributed by atoms with Gasteiger partial charge in [0, 0.05) is 12.3 Å². The average Bonchev–Trinajstić information content (AvgIpc) is 2.84. The molecule has 4 atom stereocenters.